The Hall–Kier alpha value is -0.300. The first-order chi connectivity index (χ1) is 6.01. The largest absolute Gasteiger partial charge is 0.394 e. The molecular weight excluding hydrogens is 186 g/mol. The number of rotatable bonds is 2. The highest BCUT2D eigenvalue weighted by molar-refractivity contribution is 4.88. The van der Waals surface area contributed by atoms with Gasteiger partial charge in [0.05, 0.1) is 13.0 Å². The number of alkyl halides is 2. The van der Waals surface area contributed by atoms with E-state index in [0.29, 0.717) is 0 Å². The van der Waals surface area contributed by atoms with Crippen molar-refractivity contribution in [1.82, 2.24) is 0 Å². The molecule has 0 aliphatic carbocycles. The van der Waals surface area contributed by atoms with Crippen LogP contribution in [0, 0.1) is 0 Å². The second kappa shape index (κ2) is 3.83. The lowest BCUT2D eigenvalue weighted by Gasteiger charge is -2.37. The van der Waals surface area contributed by atoms with E-state index in [-0.39, 0.29) is 0 Å². The van der Waals surface area contributed by atoms with Crippen LogP contribution >= 0.6 is 0 Å². The molecule has 3 atom stereocenters. The Bertz CT molecular complexity index is 176. The molecule has 13 heavy (non-hydrogen) atoms. The summed E-state index contributed by atoms with van der Waals surface area (Å²) in [5, 5.41) is 17.7. The van der Waals surface area contributed by atoms with Gasteiger partial charge in [0, 0.05) is 7.11 Å². The summed E-state index contributed by atoms with van der Waals surface area (Å²) < 4.78 is 35.3. The molecule has 1 aliphatic heterocycles. The van der Waals surface area contributed by atoms with Gasteiger partial charge in [-0.1, -0.05) is 0 Å². The van der Waals surface area contributed by atoms with Gasteiger partial charge in [-0.05, 0) is 0 Å². The van der Waals surface area contributed by atoms with Gasteiger partial charge in [0.15, 0.2) is 6.29 Å². The molecule has 0 aromatic rings. The fourth-order valence-electron chi connectivity index (χ4n) is 1.21. The maximum Gasteiger partial charge on any atom is 0.280 e. The highest BCUT2D eigenvalue weighted by Gasteiger charge is 2.50. The van der Waals surface area contributed by atoms with Crippen LogP contribution in [0.1, 0.15) is 6.42 Å². The summed E-state index contributed by atoms with van der Waals surface area (Å²) in [6.45, 7) is -0.656. The van der Waals surface area contributed by atoms with Crippen molar-refractivity contribution in [2.45, 2.75) is 30.8 Å². The molecule has 1 saturated heterocycles. The number of aliphatic hydroxyl groups is 2. The maximum atomic E-state index is 13.0. The molecule has 2 N–H and O–H groups in total. The topological polar surface area (TPSA) is 58.9 Å². The zero-order chi connectivity index (χ0) is 10.1. The summed E-state index contributed by atoms with van der Waals surface area (Å²) in [7, 11) is 1.23. The molecule has 0 amide bonds. The van der Waals surface area contributed by atoms with Crippen LogP contribution in [0.3, 0.4) is 0 Å². The van der Waals surface area contributed by atoms with Crippen LogP contribution in [0.5, 0.6) is 0 Å². The van der Waals surface area contributed by atoms with Gasteiger partial charge in [0.2, 0.25) is 0 Å². The average molecular weight is 198 g/mol. The van der Waals surface area contributed by atoms with Gasteiger partial charge >= 0.3 is 0 Å². The smallest absolute Gasteiger partial charge is 0.280 e. The van der Waals surface area contributed by atoms with Crippen molar-refractivity contribution in [3.05, 3.63) is 0 Å². The molecule has 1 heterocycles. The summed E-state index contributed by atoms with van der Waals surface area (Å²) in [5.41, 5.74) is 0. The van der Waals surface area contributed by atoms with Crippen LogP contribution in [0.4, 0.5) is 8.78 Å². The fourth-order valence-corrected chi connectivity index (χ4v) is 1.21. The predicted molar refractivity (Wildman–Crippen MR) is 38.3 cm³/mol. The average Bonchev–Trinajstić information content (AvgIpc) is 2.09. The van der Waals surface area contributed by atoms with Gasteiger partial charge in [0.25, 0.3) is 5.92 Å². The van der Waals surface area contributed by atoms with Crippen molar-refractivity contribution < 1.29 is 28.5 Å². The molecule has 0 aromatic heterocycles. The Kier molecular flexibility index (Phi) is 3.18. The molecule has 0 spiro atoms. The van der Waals surface area contributed by atoms with Crippen LogP contribution in [-0.2, 0) is 9.47 Å². The lowest BCUT2D eigenvalue weighted by molar-refractivity contribution is -0.292. The normalized spacial score (nSPS) is 39.0. The Balaban J connectivity index is 2.69. The van der Waals surface area contributed by atoms with Crippen molar-refractivity contribution in [2.75, 3.05) is 13.7 Å². The minimum Gasteiger partial charge on any atom is -0.394 e. The lowest BCUT2D eigenvalue weighted by atomic mass is 10.0. The maximum absolute atomic E-state index is 13.0. The third kappa shape index (κ3) is 2.14. The van der Waals surface area contributed by atoms with Crippen molar-refractivity contribution in [2.24, 2.45) is 0 Å². The Morgan fingerprint density at radius 3 is 2.69 bits per heavy atom. The van der Waals surface area contributed by atoms with E-state index in [1.165, 1.54) is 7.11 Å². The fraction of sp³-hybridized carbons (Fsp3) is 1.00. The molecule has 0 bridgehead atoms. The van der Waals surface area contributed by atoms with E-state index in [9.17, 15) is 8.78 Å². The van der Waals surface area contributed by atoms with Crippen molar-refractivity contribution in [3.8, 4) is 0 Å². The first kappa shape index (κ1) is 10.8. The lowest BCUT2D eigenvalue weighted by Crippen LogP contribution is -2.54. The van der Waals surface area contributed by atoms with Crippen LogP contribution < -0.4 is 0 Å². The highest BCUT2D eigenvalue weighted by atomic mass is 19.3. The zero-order valence-electron chi connectivity index (χ0n) is 7.11. The summed E-state index contributed by atoms with van der Waals surface area (Å²) in [4.78, 5) is 0. The number of hydrogen-bond acceptors (Lipinski definition) is 4. The minimum atomic E-state index is -3.27. The van der Waals surface area contributed by atoms with E-state index >= 15 is 0 Å². The number of halogens is 2. The molecular formula is C7H12F2O4. The number of aliphatic hydroxyl groups excluding tert-OH is 2. The summed E-state index contributed by atoms with van der Waals surface area (Å²) in [5.74, 6) is -3.27. The van der Waals surface area contributed by atoms with Crippen molar-refractivity contribution in [1.29, 1.82) is 0 Å². The van der Waals surface area contributed by atoms with Crippen LogP contribution in [0.25, 0.3) is 0 Å². The molecule has 78 valence electrons. The van der Waals surface area contributed by atoms with Gasteiger partial charge in [0.1, 0.15) is 12.2 Å². The molecule has 1 fully saturated rings. The molecule has 1 aliphatic rings. The van der Waals surface area contributed by atoms with Gasteiger partial charge in [-0.25, -0.2) is 8.78 Å². The Morgan fingerprint density at radius 2 is 2.23 bits per heavy atom. The van der Waals surface area contributed by atoms with Crippen LogP contribution in [0.15, 0.2) is 0 Å². The molecule has 1 rings (SSSR count). The zero-order valence-corrected chi connectivity index (χ0v) is 7.11. The minimum absolute atomic E-state index is 0.656. The second-order valence-corrected chi connectivity index (χ2v) is 2.93. The Labute approximate surface area is 74.1 Å². The SMILES string of the molecule is COC1CC(F)(F)C(O)C(CO)O1. The van der Waals surface area contributed by atoms with E-state index in [4.69, 9.17) is 14.9 Å². The third-order valence-corrected chi connectivity index (χ3v) is 1.99. The third-order valence-electron chi connectivity index (χ3n) is 1.99. The molecule has 3 unspecified atom stereocenters. The van der Waals surface area contributed by atoms with Crippen LogP contribution in [-0.4, -0.2) is 48.4 Å². The standard InChI is InChI=1S/C7H12F2O4/c1-12-5-2-7(8,9)6(11)4(3-10)13-5/h4-6,10-11H,2-3H2,1H3. The highest BCUT2D eigenvalue weighted by Crippen LogP contribution is 2.34. The molecule has 6 heteroatoms. The quantitative estimate of drug-likeness (QED) is 0.641. The first-order valence-corrected chi connectivity index (χ1v) is 3.86. The van der Waals surface area contributed by atoms with Gasteiger partial charge in [-0.2, -0.15) is 0 Å². The number of methoxy groups -OCH3 is 1. The van der Waals surface area contributed by atoms with Gasteiger partial charge in [-0.3, -0.25) is 0 Å². The van der Waals surface area contributed by atoms with E-state index in [1.807, 2.05) is 0 Å². The van der Waals surface area contributed by atoms with Gasteiger partial charge in [-0.15, -0.1) is 0 Å². The predicted octanol–water partition coefficient (Wildman–Crippen LogP) is -0.264. The van der Waals surface area contributed by atoms with Crippen molar-refractivity contribution in [3.63, 3.8) is 0 Å². The molecule has 0 saturated carbocycles. The van der Waals surface area contributed by atoms with E-state index in [1.54, 1.807) is 0 Å². The van der Waals surface area contributed by atoms with E-state index < -0.39 is 37.4 Å². The first-order valence-electron chi connectivity index (χ1n) is 3.86. The van der Waals surface area contributed by atoms with E-state index in [2.05, 4.69) is 4.74 Å². The Morgan fingerprint density at radius 1 is 1.62 bits per heavy atom. The summed E-state index contributed by atoms with van der Waals surface area (Å²) in [6, 6.07) is 0. The molecule has 0 radical (unpaired) electrons. The number of hydrogen-bond donors (Lipinski definition) is 2. The molecule has 0 aromatic carbocycles. The van der Waals surface area contributed by atoms with Crippen LogP contribution in [0.2, 0.25) is 0 Å². The summed E-state index contributed by atoms with van der Waals surface area (Å²) >= 11 is 0. The monoisotopic (exact) mass is 198 g/mol. The van der Waals surface area contributed by atoms with Gasteiger partial charge < -0.3 is 19.7 Å². The number of ether oxygens (including phenoxy) is 2. The summed E-state index contributed by atoms with van der Waals surface area (Å²) in [6.07, 6.45) is -5.02. The van der Waals surface area contributed by atoms with E-state index in [0.717, 1.165) is 0 Å². The second-order valence-electron chi connectivity index (χ2n) is 2.93. The molecule has 4 nitrogen and oxygen atoms in total. The van der Waals surface area contributed by atoms with Crippen molar-refractivity contribution >= 4 is 0 Å².